The summed E-state index contributed by atoms with van der Waals surface area (Å²) in [7, 11) is 4.23. The number of pyridine rings is 1. The molecular weight excluding hydrogens is 256 g/mol. The van der Waals surface area contributed by atoms with Gasteiger partial charge in [-0.25, -0.2) is 0 Å². The Morgan fingerprint density at radius 1 is 0.905 bits per heavy atom. The van der Waals surface area contributed by atoms with Gasteiger partial charge in [0.15, 0.2) is 0 Å². The van der Waals surface area contributed by atoms with Gasteiger partial charge in [0.25, 0.3) is 0 Å². The normalized spacial score (nSPS) is 11.2. The van der Waals surface area contributed by atoms with E-state index in [1.165, 1.54) is 21.9 Å². The highest BCUT2D eigenvalue weighted by molar-refractivity contribution is 5.98. The molecule has 2 nitrogen and oxygen atoms in total. The van der Waals surface area contributed by atoms with E-state index < -0.39 is 0 Å². The van der Waals surface area contributed by atoms with Crippen LogP contribution in [0.5, 0.6) is 0 Å². The molecule has 0 atom stereocenters. The number of benzene rings is 2. The first-order valence-electron chi connectivity index (χ1n) is 7.32. The molecule has 0 aliphatic rings. The van der Waals surface area contributed by atoms with Crippen molar-refractivity contribution in [3.63, 3.8) is 0 Å². The summed E-state index contributed by atoms with van der Waals surface area (Å²) in [6.07, 6.45) is 2.91. The molecule has 3 aromatic rings. The number of likely N-dealkylation sites (N-methyl/N-ethyl adjacent to an activating group) is 1. The minimum absolute atomic E-state index is 1.04. The molecule has 2 heteroatoms. The zero-order valence-electron chi connectivity index (χ0n) is 12.6. The standard InChI is InChI=1S/C19H20N2/c1-21(2)14-12-16-8-5-7-15-9-6-10-17(19(15)16)18-11-3-4-13-20-18/h3-11,13H,12,14H2,1-2H3. The molecule has 0 radical (unpaired) electrons. The molecule has 0 unspecified atom stereocenters. The second-order valence-corrected chi connectivity index (χ2v) is 5.59. The van der Waals surface area contributed by atoms with Crippen molar-refractivity contribution in [1.82, 2.24) is 9.88 Å². The van der Waals surface area contributed by atoms with Crippen molar-refractivity contribution in [2.45, 2.75) is 6.42 Å². The fourth-order valence-electron chi connectivity index (χ4n) is 2.71. The van der Waals surface area contributed by atoms with Gasteiger partial charge in [-0.15, -0.1) is 0 Å². The summed E-state index contributed by atoms with van der Waals surface area (Å²) in [5, 5.41) is 2.62. The average Bonchev–Trinajstić information content (AvgIpc) is 2.53. The van der Waals surface area contributed by atoms with Gasteiger partial charge >= 0.3 is 0 Å². The van der Waals surface area contributed by atoms with Gasteiger partial charge in [-0.05, 0) is 49.0 Å². The molecule has 0 saturated heterocycles. The Kier molecular flexibility index (Phi) is 3.98. The van der Waals surface area contributed by atoms with Crippen LogP contribution in [-0.4, -0.2) is 30.5 Å². The molecule has 0 aliphatic carbocycles. The Hall–Kier alpha value is -2.19. The quantitative estimate of drug-likeness (QED) is 0.716. The molecular formula is C19H20N2. The third kappa shape index (κ3) is 2.96. The van der Waals surface area contributed by atoms with Crippen LogP contribution in [-0.2, 0) is 6.42 Å². The molecule has 0 bridgehead atoms. The van der Waals surface area contributed by atoms with Crippen LogP contribution in [0.3, 0.4) is 0 Å². The largest absolute Gasteiger partial charge is 0.309 e. The van der Waals surface area contributed by atoms with Crippen molar-refractivity contribution in [2.75, 3.05) is 20.6 Å². The van der Waals surface area contributed by atoms with Gasteiger partial charge in [0.2, 0.25) is 0 Å². The fraction of sp³-hybridized carbons (Fsp3) is 0.211. The van der Waals surface area contributed by atoms with Crippen LogP contribution in [0, 0.1) is 0 Å². The maximum Gasteiger partial charge on any atom is 0.0708 e. The van der Waals surface area contributed by atoms with Gasteiger partial charge in [-0.3, -0.25) is 4.98 Å². The van der Waals surface area contributed by atoms with Gasteiger partial charge in [0.1, 0.15) is 0 Å². The van der Waals surface area contributed by atoms with Crippen LogP contribution in [0.2, 0.25) is 0 Å². The van der Waals surface area contributed by atoms with E-state index in [0.717, 1.165) is 18.7 Å². The highest BCUT2D eigenvalue weighted by Crippen LogP contribution is 2.30. The first-order valence-corrected chi connectivity index (χ1v) is 7.32. The van der Waals surface area contributed by atoms with E-state index in [1.807, 2.05) is 18.3 Å². The SMILES string of the molecule is CN(C)CCc1cccc2cccc(-c3ccccn3)c12. The molecule has 2 aromatic carbocycles. The van der Waals surface area contributed by atoms with E-state index in [9.17, 15) is 0 Å². The maximum atomic E-state index is 4.53. The predicted octanol–water partition coefficient (Wildman–Crippen LogP) is 4.01. The zero-order chi connectivity index (χ0) is 14.7. The third-order valence-electron chi connectivity index (χ3n) is 3.76. The van der Waals surface area contributed by atoms with Crippen LogP contribution in [0.4, 0.5) is 0 Å². The molecule has 0 fully saturated rings. The summed E-state index contributed by atoms with van der Waals surface area (Å²) >= 11 is 0. The summed E-state index contributed by atoms with van der Waals surface area (Å²) in [5.74, 6) is 0. The first kappa shape index (κ1) is 13.8. The van der Waals surface area contributed by atoms with Crippen molar-refractivity contribution >= 4 is 10.8 Å². The number of hydrogen-bond donors (Lipinski definition) is 0. The first-order chi connectivity index (χ1) is 10.3. The molecule has 106 valence electrons. The second kappa shape index (κ2) is 6.06. The van der Waals surface area contributed by atoms with Crippen molar-refractivity contribution in [3.8, 4) is 11.3 Å². The molecule has 3 rings (SSSR count). The summed E-state index contributed by atoms with van der Waals surface area (Å²) in [6.45, 7) is 1.05. The second-order valence-electron chi connectivity index (χ2n) is 5.59. The monoisotopic (exact) mass is 276 g/mol. The molecule has 1 heterocycles. The number of nitrogens with zero attached hydrogens (tertiary/aromatic N) is 2. The minimum atomic E-state index is 1.04. The van der Waals surface area contributed by atoms with E-state index in [-0.39, 0.29) is 0 Å². The lowest BCUT2D eigenvalue weighted by molar-refractivity contribution is 0.414. The summed E-state index contributed by atoms with van der Waals surface area (Å²) in [6, 6.07) is 19.1. The minimum Gasteiger partial charge on any atom is -0.309 e. The van der Waals surface area contributed by atoms with Crippen molar-refractivity contribution < 1.29 is 0 Å². The van der Waals surface area contributed by atoms with E-state index in [1.54, 1.807) is 0 Å². The van der Waals surface area contributed by atoms with Gasteiger partial charge < -0.3 is 4.90 Å². The lowest BCUT2D eigenvalue weighted by Gasteiger charge is -2.14. The molecule has 21 heavy (non-hydrogen) atoms. The molecule has 0 aliphatic heterocycles. The molecule has 0 spiro atoms. The average molecular weight is 276 g/mol. The van der Waals surface area contributed by atoms with E-state index >= 15 is 0 Å². The van der Waals surface area contributed by atoms with Crippen LogP contribution in [0.25, 0.3) is 22.0 Å². The van der Waals surface area contributed by atoms with Gasteiger partial charge in [0.05, 0.1) is 5.69 Å². The van der Waals surface area contributed by atoms with Crippen LogP contribution in [0.1, 0.15) is 5.56 Å². The molecule has 1 aromatic heterocycles. The van der Waals surface area contributed by atoms with Crippen LogP contribution in [0.15, 0.2) is 60.8 Å². The maximum absolute atomic E-state index is 4.53. The zero-order valence-corrected chi connectivity index (χ0v) is 12.6. The lowest BCUT2D eigenvalue weighted by Crippen LogP contribution is -2.15. The van der Waals surface area contributed by atoms with Gasteiger partial charge in [-0.1, -0.05) is 42.5 Å². The predicted molar refractivity (Wildman–Crippen MR) is 89.4 cm³/mol. The fourth-order valence-corrected chi connectivity index (χ4v) is 2.71. The number of fused-ring (bicyclic) bond motifs is 1. The Morgan fingerprint density at radius 3 is 2.43 bits per heavy atom. The van der Waals surface area contributed by atoms with Crippen LogP contribution >= 0.6 is 0 Å². The Bertz CT molecular complexity index is 728. The summed E-state index contributed by atoms with van der Waals surface area (Å²) in [4.78, 5) is 6.75. The van der Waals surface area contributed by atoms with Crippen molar-refractivity contribution in [2.24, 2.45) is 0 Å². The number of rotatable bonds is 4. The highest BCUT2D eigenvalue weighted by Gasteiger charge is 2.09. The van der Waals surface area contributed by atoms with E-state index in [0.29, 0.717) is 0 Å². The number of aromatic nitrogens is 1. The Labute approximate surface area is 126 Å². The van der Waals surface area contributed by atoms with Crippen molar-refractivity contribution in [3.05, 3.63) is 66.4 Å². The van der Waals surface area contributed by atoms with E-state index in [4.69, 9.17) is 0 Å². The molecule has 0 amide bonds. The summed E-state index contributed by atoms with van der Waals surface area (Å²) < 4.78 is 0. The lowest BCUT2D eigenvalue weighted by atomic mass is 9.95. The van der Waals surface area contributed by atoms with Gasteiger partial charge in [0, 0.05) is 18.3 Å². The van der Waals surface area contributed by atoms with Gasteiger partial charge in [-0.2, -0.15) is 0 Å². The third-order valence-corrected chi connectivity index (χ3v) is 3.76. The Balaban J connectivity index is 2.16. The molecule has 0 saturated carbocycles. The van der Waals surface area contributed by atoms with Crippen LogP contribution < -0.4 is 0 Å². The highest BCUT2D eigenvalue weighted by atomic mass is 15.0. The summed E-state index contributed by atoms with van der Waals surface area (Å²) in [5.41, 5.74) is 3.66. The van der Waals surface area contributed by atoms with E-state index in [2.05, 4.69) is 66.4 Å². The van der Waals surface area contributed by atoms with Crippen molar-refractivity contribution in [1.29, 1.82) is 0 Å². The topological polar surface area (TPSA) is 16.1 Å². The smallest absolute Gasteiger partial charge is 0.0708 e. The molecule has 0 N–H and O–H groups in total. The number of hydrogen-bond acceptors (Lipinski definition) is 2. The Morgan fingerprint density at radius 2 is 1.71 bits per heavy atom.